The van der Waals surface area contributed by atoms with Gasteiger partial charge in [-0.2, -0.15) is 0 Å². The van der Waals surface area contributed by atoms with E-state index in [1.165, 1.54) is 18.2 Å². The monoisotopic (exact) mass is 342 g/mol. The van der Waals surface area contributed by atoms with Crippen LogP contribution in [0.2, 0.25) is 5.02 Å². The zero-order valence-corrected chi connectivity index (χ0v) is 12.1. The van der Waals surface area contributed by atoms with Gasteiger partial charge in [0.1, 0.15) is 0 Å². The lowest BCUT2D eigenvalue weighted by atomic mass is 10.3. The number of pyridine rings is 1. The number of aryl methyl sites for hydroxylation is 1. The molecule has 0 radical (unpaired) electrons. The van der Waals surface area contributed by atoms with Crippen molar-refractivity contribution in [3.63, 3.8) is 0 Å². The van der Waals surface area contributed by atoms with Crippen LogP contribution < -0.4 is 4.74 Å². The van der Waals surface area contributed by atoms with Crippen LogP contribution in [0, 0.1) is 17.0 Å². The van der Waals surface area contributed by atoms with Gasteiger partial charge in [0.25, 0.3) is 0 Å². The molecule has 19 heavy (non-hydrogen) atoms. The van der Waals surface area contributed by atoms with Crippen molar-refractivity contribution in [3.8, 4) is 11.6 Å². The van der Waals surface area contributed by atoms with Crippen molar-refractivity contribution in [2.75, 3.05) is 0 Å². The van der Waals surface area contributed by atoms with Crippen LogP contribution in [0.25, 0.3) is 0 Å². The van der Waals surface area contributed by atoms with Gasteiger partial charge in [-0.3, -0.25) is 10.1 Å². The van der Waals surface area contributed by atoms with Crippen molar-refractivity contribution in [1.82, 2.24) is 4.98 Å². The summed E-state index contributed by atoms with van der Waals surface area (Å²) in [7, 11) is 0. The largest absolute Gasteiger partial charge is 0.430 e. The third-order valence-corrected chi connectivity index (χ3v) is 3.48. The first-order chi connectivity index (χ1) is 8.99. The molecule has 0 atom stereocenters. The highest BCUT2D eigenvalue weighted by Gasteiger charge is 2.19. The van der Waals surface area contributed by atoms with E-state index in [4.69, 9.17) is 16.3 Å². The Morgan fingerprint density at radius 1 is 1.37 bits per heavy atom. The van der Waals surface area contributed by atoms with Gasteiger partial charge >= 0.3 is 5.69 Å². The molecule has 0 spiro atoms. The number of hydrogen-bond donors (Lipinski definition) is 0. The molecule has 1 heterocycles. The van der Waals surface area contributed by atoms with Crippen LogP contribution in [-0.2, 0) is 0 Å². The van der Waals surface area contributed by atoms with E-state index < -0.39 is 4.92 Å². The lowest BCUT2D eigenvalue weighted by molar-refractivity contribution is -0.385. The van der Waals surface area contributed by atoms with E-state index in [1.54, 1.807) is 19.1 Å². The van der Waals surface area contributed by atoms with Crippen LogP contribution in [0.3, 0.4) is 0 Å². The summed E-state index contributed by atoms with van der Waals surface area (Å²) in [6.07, 6.45) is 0. The highest BCUT2D eigenvalue weighted by Crippen LogP contribution is 2.37. The van der Waals surface area contributed by atoms with Crippen LogP contribution in [0.1, 0.15) is 5.69 Å². The Bertz CT molecular complexity index is 649. The summed E-state index contributed by atoms with van der Waals surface area (Å²) < 4.78 is 6.26. The van der Waals surface area contributed by atoms with Gasteiger partial charge in [0, 0.05) is 16.6 Å². The van der Waals surface area contributed by atoms with Gasteiger partial charge in [-0.1, -0.05) is 17.7 Å². The second-order valence-electron chi connectivity index (χ2n) is 3.66. The number of aromatic nitrogens is 1. The number of nitro benzene ring substituents is 1. The first kappa shape index (κ1) is 13.8. The Morgan fingerprint density at radius 2 is 2.11 bits per heavy atom. The molecule has 0 bridgehead atoms. The van der Waals surface area contributed by atoms with E-state index in [0.29, 0.717) is 5.69 Å². The quantitative estimate of drug-likeness (QED) is 0.607. The number of rotatable bonds is 3. The fourth-order valence-electron chi connectivity index (χ4n) is 1.42. The predicted octanol–water partition coefficient (Wildman–Crippen LogP) is 4.51. The second-order valence-corrected chi connectivity index (χ2v) is 4.93. The topological polar surface area (TPSA) is 65.3 Å². The predicted molar refractivity (Wildman–Crippen MR) is 74.9 cm³/mol. The Kier molecular flexibility index (Phi) is 4.01. The van der Waals surface area contributed by atoms with Crippen molar-refractivity contribution in [3.05, 3.63) is 55.6 Å². The molecule has 7 heteroatoms. The summed E-state index contributed by atoms with van der Waals surface area (Å²) in [6.45, 7) is 1.79. The number of hydrogen-bond acceptors (Lipinski definition) is 4. The Morgan fingerprint density at radius 3 is 2.74 bits per heavy atom. The SMILES string of the molecule is Cc1nc(Oc2c(Cl)cccc2[N+](=O)[O-])ccc1Br. The maximum absolute atomic E-state index is 10.9. The third-order valence-electron chi connectivity index (χ3n) is 2.35. The van der Waals surface area contributed by atoms with Gasteiger partial charge in [-0.25, -0.2) is 4.98 Å². The smallest absolute Gasteiger partial charge is 0.313 e. The molecule has 2 rings (SSSR count). The molecule has 2 aromatic rings. The van der Waals surface area contributed by atoms with Gasteiger partial charge in [0.05, 0.1) is 15.6 Å². The Hall–Kier alpha value is -1.66. The van der Waals surface area contributed by atoms with E-state index in [1.807, 2.05) is 0 Å². The molecule has 0 amide bonds. The molecule has 0 fully saturated rings. The van der Waals surface area contributed by atoms with Crippen molar-refractivity contribution in [2.45, 2.75) is 6.92 Å². The molecule has 0 N–H and O–H groups in total. The number of nitro groups is 1. The lowest BCUT2D eigenvalue weighted by Gasteiger charge is -2.08. The third kappa shape index (κ3) is 3.02. The number of nitrogens with zero attached hydrogens (tertiary/aromatic N) is 2. The minimum atomic E-state index is -0.549. The molecule has 0 aliphatic heterocycles. The summed E-state index contributed by atoms with van der Waals surface area (Å²) in [5.74, 6) is 0.236. The van der Waals surface area contributed by atoms with E-state index in [-0.39, 0.29) is 22.3 Å². The molecule has 5 nitrogen and oxygen atoms in total. The maximum Gasteiger partial charge on any atom is 0.313 e. The van der Waals surface area contributed by atoms with E-state index in [0.717, 1.165) is 4.47 Å². The molecule has 1 aromatic heterocycles. The zero-order chi connectivity index (χ0) is 14.0. The fraction of sp³-hybridized carbons (Fsp3) is 0.0833. The van der Waals surface area contributed by atoms with Gasteiger partial charge in [0.2, 0.25) is 11.6 Å². The van der Waals surface area contributed by atoms with E-state index in [2.05, 4.69) is 20.9 Å². The van der Waals surface area contributed by atoms with E-state index in [9.17, 15) is 10.1 Å². The molecule has 0 unspecified atom stereocenters. The number of halogens is 2. The van der Waals surface area contributed by atoms with Crippen LogP contribution in [0.4, 0.5) is 5.69 Å². The highest BCUT2D eigenvalue weighted by molar-refractivity contribution is 9.10. The van der Waals surface area contributed by atoms with Gasteiger partial charge in [-0.15, -0.1) is 0 Å². The zero-order valence-electron chi connectivity index (χ0n) is 9.76. The molecular formula is C12H8BrClN2O3. The minimum absolute atomic E-state index is 0.0108. The van der Waals surface area contributed by atoms with Crippen LogP contribution >= 0.6 is 27.5 Å². The van der Waals surface area contributed by atoms with Crippen LogP contribution in [0.5, 0.6) is 11.6 Å². The van der Waals surface area contributed by atoms with Gasteiger partial charge in [0.15, 0.2) is 0 Å². The standard InChI is InChI=1S/C12H8BrClN2O3/c1-7-8(13)5-6-11(15-7)19-12-9(14)3-2-4-10(12)16(17)18/h2-6H,1H3. The van der Waals surface area contributed by atoms with Crippen LogP contribution in [0.15, 0.2) is 34.8 Å². The van der Waals surface area contributed by atoms with Crippen molar-refractivity contribution in [1.29, 1.82) is 0 Å². The summed E-state index contributed by atoms with van der Waals surface area (Å²) >= 11 is 9.24. The summed E-state index contributed by atoms with van der Waals surface area (Å²) in [5.41, 5.74) is 0.516. The number of para-hydroxylation sites is 1. The Labute approximate surface area is 122 Å². The number of ether oxygens (including phenoxy) is 1. The van der Waals surface area contributed by atoms with Crippen molar-refractivity contribution < 1.29 is 9.66 Å². The average molecular weight is 344 g/mol. The summed E-state index contributed by atoms with van der Waals surface area (Å²) in [6, 6.07) is 7.70. The minimum Gasteiger partial charge on any atom is -0.430 e. The summed E-state index contributed by atoms with van der Waals surface area (Å²) in [5, 5.41) is 11.1. The van der Waals surface area contributed by atoms with Gasteiger partial charge < -0.3 is 4.74 Å². The van der Waals surface area contributed by atoms with Crippen molar-refractivity contribution >= 4 is 33.2 Å². The fourth-order valence-corrected chi connectivity index (χ4v) is 1.85. The van der Waals surface area contributed by atoms with Crippen molar-refractivity contribution in [2.24, 2.45) is 0 Å². The lowest BCUT2D eigenvalue weighted by Crippen LogP contribution is -1.96. The molecule has 0 saturated heterocycles. The normalized spacial score (nSPS) is 10.3. The Balaban J connectivity index is 2.42. The summed E-state index contributed by atoms with van der Waals surface area (Å²) in [4.78, 5) is 14.5. The van der Waals surface area contributed by atoms with Gasteiger partial charge in [-0.05, 0) is 35.0 Å². The van der Waals surface area contributed by atoms with Crippen LogP contribution in [-0.4, -0.2) is 9.91 Å². The second kappa shape index (κ2) is 5.54. The average Bonchev–Trinajstić information content (AvgIpc) is 2.36. The molecule has 0 aliphatic carbocycles. The number of benzene rings is 1. The van der Waals surface area contributed by atoms with E-state index >= 15 is 0 Å². The first-order valence-electron chi connectivity index (χ1n) is 5.23. The molecule has 0 saturated carbocycles. The molecule has 98 valence electrons. The first-order valence-corrected chi connectivity index (χ1v) is 6.40. The molecular weight excluding hydrogens is 335 g/mol. The maximum atomic E-state index is 10.9. The highest BCUT2D eigenvalue weighted by atomic mass is 79.9. The molecule has 0 aliphatic rings. The molecule has 1 aromatic carbocycles.